The first-order valence-electron chi connectivity index (χ1n) is 9.65. The van der Waals surface area contributed by atoms with E-state index in [1.165, 1.54) is 0 Å². The largest absolute Gasteiger partial charge is 0.497 e. The van der Waals surface area contributed by atoms with Gasteiger partial charge in [-0.15, -0.1) is 0 Å². The molecular formula is C20H29N3O4. The topological polar surface area (TPSA) is 85.1 Å². The lowest BCUT2D eigenvalue weighted by Gasteiger charge is -2.37. The van der Waals surface area contributed by atoms with Crippen molar-refractivity contribution in [3.8, 4) is 11.5 Å². The van der Waals surface area contributed by atoms with Crippen LogP contribution in [0.1, 0.15) is 25.7 Å². The molecule has 0 aliphatic carbocycles. The van der Waals surface area contributed by atoms with Crippen molar-refractivity contribution in [2.45, 2.75) is 31.8 Å². The molecule has 0 bridgehead atoms. The second-order valence-corrected chi connectivity index (χ2v) is 7.36. The summed E-state index contributed by atoms with van der Waals surface area (Å²) in [4.78, 5) is 27.9. The average molecular weight is 375 g/mol. The molecule has 1 atom stereocenters. The number of methoxy groups -OCH3 is 1. The zero-order valence-corrected chi connectivity index (χ0v) is 15.9. The Morgan fingerprint density at radius 3 is 2.37 bits per heavy atom. The van der Waals surface area contributed by atoms with Crippen molar-refractivity contribution < 1.29 is 19.1 Å². The predicted octanol–water partition coefficient (Wildman–Crippen LogP) is 1.26. The first kappa shape index (κ1) is 19.5. The van der Waals surface area contributed by atoms with Crippen molar-refractivity contribution in [3.05, 3.63) is 24.3 Å². The third-order valence-corrected chi connectivity index (χ3v) is 5.35. The molecule has 2 saturated heterocycles. The van der Waals surface area contributed by atoms with Gasteiger partial charge in [0.15, 0.2) is 0 Å². The SMILES string of the molecule is COc1ccc(OC2CCN(C(=O)[C@H]3CCCN(CC(N)=O)C3)CC2)cc1. The van der Waals surface area contributed by atoms with E-state index in [0.717, 1.165) is 43.7 Å². The number of nitrogens with two attached hydrogens (primary N) is 1. The molecular weight excluding hydrogens is 346 g/mol. The zero-order valence-electron chi connectivity index (χ0n) is 15.9. The van der Waals surface area contributed by atoms with E-state index in [1.807, 2.05) is 34.1 Å². The van der Waals surface area contributed by atoms with Gasteiger partial charge in [0, 0.05) is 32.5 Å². The van der Waals surface area contributed by atoms with E-state index in [0.29, 0.717) is 19.6 Å². The van der Waals surface area contributed by atoms with Crippen LogP contribution in [0.4, 0.5) is 0 Å². The van der Waals surface area contributed by atoms with Crippen LogP contribution in [-0.4, -0.2) is 67.6 Å². The van der Waals surface area contributed by atoms with E-state index in [1.54, 1.807) is 7.11 Å². The lowest BCUT2D eigenvalue weighted by Crippen LogP contribution is -2.49. The molecule has 2 amide bonds. The number of carbonyl (C=O) groups excluding carboxylic acids is 2. The quantitative estimate of drug-likeness (QED) is 0.809. The van der Waals surface area contributed by atoms with Crippen molar-refractivity contribution in [1.82, 2.24) is 9.80 Å². The summed E-state index contributed by atoms with van der Waals surface area (Å²) in [5.41, 5.74) is 5.29. The summed E-state index contributed by atoms with van der Waals surface area (Å²) in [6.07, 6.45) is 3.60. The number of benzene rings is 1. The maximum absolute atomic E-state index is 12.8. The standard InChI is InChI=1S/C20H29N3O4/c1-26-16-4-6-17(7-5-16)27-18-8-11-23(12-9-18)20(25)15-3-2-10-22(13-15)14-19(21)24/h4-7,15,18H,2-3,8-14H2,1H3,(H2,21,24)/t15-/m0/s1. The number of rotatable bonds is 6. The molecule has 2 fully saturated rings. The minimum atomic E-state index is -0.334. The average Bonchev–Trinajstić information content (AvgIpc) is 2.68. The van der Waals surface area contributed by atoms with Crippen molar-refractivity contribution in [3.63, 3.8) is 0 Å². The molecule has 3 rings (SSSR count). The van der Waals surface area contributed by atoms with Crippen LogP contribution in [0.5, 0.6) is 11.5 Å². The highest BCUT2D eigenvalue weighted by Gasteiger charge is 2.32. The summed E-state index contributed by atoms with van der Waals surface area (Å²) in [5.74, 6) is 1.47. The summed E-state index contributed by atoms with van der Waals surface area (Å²) in [5, 5.41) is 0. The molecule has 27 heavy (non-hydrogen) atoms. The third-order valence-electron chi connectivity index (χ3n) is 5.35. The molecule has 2 heterocycles. The van der Waals surface area contributed by atoms with E-state index in [4.69, 9.17) is 15.2 Å². The van der Waals surface area contributed by atoms with Crippen LogP contribution < -0.4 is 15.2 Å². The first-order valence-corrected chi connectivity index (χ1v) is 9.65. The predicted molar refractivity (Wildman–Crippen MR) is 102 cm³/mol. The Morgan fingerprint density at radius 2 is 1.74 bits per heavy atom. The van der Waals surface area contributed by atoms with E-state index >= 15 is 0 Å². The highest BCUT2D eigenvalue weighted by molar-refractivity contribution is 5.80. The maximum Gasteiger partial charge on any atom is 0.231 e. The van der Waals surface area contributed by atoms with Crippen LogP contribution in [0.15, 0.2) is 24.3 Å². The van der Waals surface area contributed by atoms with Crippen LogP contribution in [-0.2, 0) is 9.59 Å². The minimum absolute atomic E-state index is 0.0304. The Labute approximate surface area is 160 Å². The first-order chi connectivity index (χ1) is 13.0. The third kappa shape index (κ3) is 5.35. The number of piperidine rings is 2. The second kappa shape index (κ2) is 9.08. The fraction of sp³-hybridized carbons (Fsp3) is 0.600. The van der Waals surface area contributed by atoms with Crippen LogP contribution in [0.2, 0.25) is 0 Å². The summed E-state index contributed by atoms with van der Waals surface area (Å²) in [6.45, 7) is 3.13. The van der Waals surface area contributed by atoms with Crippen molar-refractivity contribution >= 4 is 11.8 Å². The summed E-state index contributed by atoms with van der Waals surface area (Å²) < 4.78 is 11.2. The van der Waals surface area contributed by atoms with Gasteiger partial charge in [-0.2, -0.15) is 0 Å². The second-order valence-electron chi connectivity index (χ2n) is 7.36. The number of amides is 2. The van der Waals surface area contributed by atoms with Crippen molar-refractivity contribution in [1.29, 1.82) is 0 Å². The number of ether oxygens (including phenoxy) is 2. The van der Waals surface area contributed by atoms with Gasteiger partial charge in [0.05, 0.1) is 19.6 Å². The number of hydrogen-bond acceptors (Lipinski definition) is 5. The smallest absolute Gasteiger partial charge is 0.231 e. The van der Waals surface area contributed by atoms with Gasteiger partial charge in [0.1, 0.15) is 17.6 Å². The van der Waals surface area contributed by atoms with Crippen LogP contribution >= 0.6 is 0 Å². The van der Waals surface area contributed by atoms with Gasteiger partial charge < -0.3 is 20.1 Å². The van der Waals surface area contributed by atoms with E-state index in [-0.39, 0.29) is 30.4 Å². The number of hydrogen-bond donors (Lipinski definition) is 1. The van der Waals surface area contributed by atoms with E-state index in [9.17, 15) is 9.59 Å². The molecule has 0 aromatic heterocycles. The summed E-state index contributed by atoms with van der Waals surface area (Å²) in [6, 6.07) is 7.58. The van der Waals surface area contributed by atoms with E-state index in [2.05, 4.69) is 0 Å². The van der Waals surface area contributed by atoms with Crippen molar-refractivity contribution in [2.75, 3.05) is 39.8 Å². The molecule has 0 spiro atoms. The summed E-state index contributed by atoms with van der Waals surface area (Å²) in [7, 11) is 1.64. The molecule has 0 unspecified atom stereocenters. The molecule has 7 nitrogen and oxygen atoms in total. The Hall–Kier alpha value is -2.28. The molecule has 148 valence electrons. The maximum atomic E-state index is 12.8. The molecule has 7 heteroatoms. The highest BCUT2D eigenvalue weighted by Crippen LogP contribution is 2.24. The highest BCUT2D eigenvalue weighted by atomic mass is 16.5. The van der Waals surface area contributed by atoms with Crippen molar-refractivity contribution in [2.24, 2.45) is 11.7 Å². The van der Waals surface area contributed by atoms with Gasteiger partial charge in [0.25, 0.3) is 0 Å². The number of likely N-dealkylation sites (tertiary alicyclic amines) is 2. The molecule has 2 N–H and O–H groups in total. The Bertz CT molecular complexity index is 641. The lowest BCUT2D eigenvalue weighted by atomic mass is 9.95. The molecule has 1 aromatic rings. The number of carbonyl (C=O) groups is 2. The molecule has 0 radical (unpaired) electrons. The molecule has 2 aliphatic heterocycles. The molecule has 1 aromatic carbocycles. The van der Waals surface area contributed by atoms with Crippen LogP contribution in [0.3, 0.4) is 0 Å². The van der Waals surface area contributed by atoms with Crippen LogP contribution in [0, 0.1) is 5.92 Å². The Morgan fingerprint density at radius 1 is 1.07 bits per heavy atom. The van der Waals surface area contributed by atoms with Gasteiger partial charge in [0.2, 0.25) is 11.8 Å². The molecule has 2 aliphatic rings. The number of nitrogens with zero attached hydrogens (tertiary/aromatic N) is 2. The normalized spacial score (nSPS) is 21.7. The van der Waals surface area contributed by atoms with Gasteiger partial charge in [-0.3, -0.25) is 14.5 Å². The zero-order chi connectivity index (χ0) is 19.2. The fourth-order valence-electron chi connectivity index (χ4n) is 3.92. The summed E-state index contributed by atoms with van der Waals surface area (Å²) >= 11 is 0. The monoisotopic (exact) mass is 375 g/mol. The number of primary amides is 1. The van der Waals surface area contributed by atoms with Gasteiger partial charge in [-0.05, 0) is 43.7 Å². The van der Waals surface area contributed by atoms with Gasteiger partial charge >= 0.3 is 0 Å². The van der Waals surface area contributed by atoms with Gasteiger partial charge in [-0.25, -0.2) is 0 Å². The Kier molecular flexibility index (Phi) is 6.55. The van der Waals surface area contributed by atoms with E-state index < -0.39 is 0 Å². The Balaban J connectivity index is 1.46. The minimum Gasteiger partial charge on any atom is -0.497 e. The van der Waals surface area contributed by atoms with Crippen LogP contribution in [0.25, 0.3) is 0 Å². The van der Waals surface area contributed by atoms with Gasteiger partial charge in [-0.1, -0.05) is 0 Å². The lowest BCUT2D eigenvalue weighted by molar-refractivity contribution is -0.139. The molecule has 0 saturated carbocycles. The fourth-order valence-corrected chi connectivity index (χ4v) is 3.92.